The summed E-state index contributed by atoms with van der Waals surface area (Å²) < 4.78 is 18.5. The second-order valence-electron chi connectivity index (χ2n) is 12.8. The summed E-state index contributed by atoms with van der Waals surface area (Å²) in [7, 11) is -2.14. The zero-order valence-electron chi connectivity index (χ0n) is 23.3. The third-order valence-electron chi connectivity index (χ3n) is 8.05. The number of likely N-dealkylation sites (tertiary alicyclic amines) is 1. The molecule has 1 amide bonds. The molecule has 0 bridgehead atoms. The van der Waals surface area contributed by atoms with Crippen LogP contribution in [0.15, 0.2) is 30.3 Å². The Morgan fingerprint density at radius 2 is 1.69 bits per heavy atom. The summed E-state index contributed by atoms with van der Waals surface area (Å²) in [4.78, 5) is 28.8. The number of ether oxygens (including phenoxy) is 2. The Labute approximate surface area is 212 Å². The topological polar surface area (TPSA) is 65.1 Å². The molecule has 196 valence electrons. The lowest BCUT2D eigenvalue weighted by Gasteiger charge is -2.46. The number of hydrogen-bond donors (Lipinski definition) is 0. The number of esters is 1. The number of carbonyl (C=O) groups is 2. The van der Waals surface area contributed by atoms with Gasteiger partial charge >= 0.3 is 12.1 Å². The minimum absolute atomic E-state index is 0.0420. The average Bonchev–Trinajstić information content (AvgIpc) is 3.22. The number of rotatable bonds is 5. The number of benzene rings is 1. The van der Waals surface area contributed by atoms with Gasteiger partial charge in [0.05, 0.1) is 18.2 Å². The van der Waals surface area contributed by atoms with Gasteiger partial charge in [-0.1, -0.05) is 51.1 Å². The SMILES string of the molecule is CCOC(=O)[C@@H]1[C@H]2CC[C@@](C)(O[Si](C)(C)C(C)(C)C)[C@H]2[C@H](c2ccccc2)N1C(=O)OC(C)(C)C. The highest BCUT2D eigenvalue weighted by molar-refractivity contribution is 6.74. The van der Waals surface area contributed by atoms with Crippen molar-refractivity contribution in [3.63, 3.8) is 0 Å². The van der Waals surface area contributed by atoms with E-state index in [4.69, 9.17) is 13.9 Å². The molecule has 6 nitrogen and oxygen atoms in total. The molecule has 35 heavy (non-hydrogen) atoms. The van der Waals surface area contributed by atoms with Crippen LogP contribution in [0.5, 0.6) is 0 Å². The Hall–Kier alpha value is -1.86. The number of amides is 1. The van der Waals surface area contributed by atoms with Crippen LogP contribution in [0.1, 0.15) is 79.8 Å². The molecule has 1 aromatic rings. The van der Waals surface area contributed by atoms with Crippen LogP contribution in [-0.4, -0.2) is 49.1 Å². The van der Waals surface area contributed by atoms with Crippen molar-refractivity contribution in [3.05, 3.63) is 35.9 Å². The summed E-state index contributed by atoms with van der Waals surface area (Å²) in [5.74, 6) is -0.481. The van der Waals surface area contributed by atoms with E-state index in [0.717, 1.165) is 18.4 Å². The Balaban J connectivity index is 2.16. The van der Waals surface area contributed by atoms with Gasteiger partial charge in [0.15, 0.2) is 8.32 Å². The second kappa shape index (κ2) is 9.54. The fourth-order valence-corrected chi connectivity index (χ4v) is 7.37. The van der Waals surface area contributed by atoms with Gasteiger partial charge in [-0.25, -0.2) is 9.59 Å². The average molecular weight is 504 g/mol. The Kier molecular flexibility index (Phi) is 7.56. The summed E-state index contributed by atoms with van der Waals surface area (Å²) >= 11 is 0. The van der Waals surface area contributed by atoms with Crippen molar-refractivity contribution >= 4 is 20.4 Å². The van der Waals surface area contributed by atoms with E-state index >= 15 is 0 Å². The molecule has 3 rings (SSSR count). The summed E-state index contributed by atoms with van der Waals surface area (Å²) in [6.07, 6.45) is 1.16. The zero-order chi connectivity index (χ0) is 26.4. The Morgan fingerprint density at radius 3 is 2.20 bits per heavy atom. The van der Waals surface area contributed by atoms with E-state index in [2.05, 4.69) is 40.8 Å². The van der Waals surface area contributed by atoms with Gasteiger partial charge in [-0.3, -0.25) is 4.90 Å². The third kappa shape index (κ3) is 5.46. The highest BCUT2D eigenvalue weighted by Gasteiger charge is 2.65. The van der Waals surface area contributed by atoms with Crippen LogP contribution in [0.3, 0.4) is 0 Å². The van der Waals surface area contributed by atoms with Gasteiger partial charge in [-0.05, 0) is 77.1 Å². The molecule has 0 unspecified atom stereocenters. The van der Waals surface area contributed by atoms with Crippen LogP contribution in [-0.2, 0) is 18.7 Å². The molecule has 5 atom stereocenters. The van der Waals surface area contributed by atoms with Crippen molar-refractivity contribution in [1.82, 2.24) is 4.90 Å². The first-order valence-corrected chi connectivity index (χ1v) is 15.9. The van der Waals surface area contributed by atoms with Crippen molar-refractivity contribution in [3.8, 4) is 0 Å². The van der Waals surface area contributed by atoms with Crippen LogP contribution in [0.25, 0.3) is 0 Å². The highest BCUT2D eigenvalue weighted by atomic mass is 28.4. The fraction of sp³-hybridized carbons (Fsp3) is 0.714. The maximum absolute atomic E-state index is 13.7. The summed E-state index contributed by atoms with van der Waals surface area (Å²) in [5.41, 5.74) is -0.168. The fourth-order valence-electron chi connectivity index (χ4n) is 5.66. The first-order valence-electron chi connectivity index (χ1n) is 13.0. The number of nitrogens with zero attached hydrogens (tertiary/aromatic N) is 1. The molecule has 0 spiro atoms. The molecule has 0 aromatic heterocycles. The predicted octanol–water partition coefficient (Wildman–Crippen LogP) is 6.72. The minimum atomic E-state index is -2.14. The summed E-state index contributed by atoms with van der Waals surface area (Å²) in [6.45, 7) is 21.1. The standard InChI is InChI=1S/C28H45NO5Si/c1-11-32-24(30)23-20-17-18-28(8,34-35(9,10)27(5,6)7)21(20)22(19-15-13-12-14-16-19)29(23)25(31)33-26(2,3)4/h12-16,20-23H,11,17-18H2,1-10H3/t20-,21+,22-,23-,28+/m0/s1. The largest absolute Gasteiger partial charge is 0.464 e. The molecular weight excluding hydrogens is 458 g/mol. The van der Waals surface area contributed by atoms with Crippen molar-refractivity contribution in [2.45, 2.75) is 110 Å². The van der Waals surface area contributed by atoms with E-state index in [-0.39, 0.29) is 35.5 Å². The van der Waals surface area contributed by atoms with Gasteiger partial charge < -0.3 is 13.9 Å². The van der Waals surface area contributed by atoms with Crippen molar-refractivity contribution in [2.75, 3.05) is 6.61 Å². The molecule has 1 heterocycles. The lowest BCUT2D eigenvalue weighted by atomic mass is 9.80. The van der Waals surface area contributed by atoms with E-state index in [1.165, 1.54) is 0 Å². The first kappa shape index (κ1) is 27.7. The molecule has 1 saturated carbocycles. The van der Waals surface area contributed by atoms with Crippen LogP contribution in [0.2, 0.25) is 18.1 Å². The van der Waals surface area contributed by atoms with Crippen molar-refractivity contribution < 1.29 is 23.5 Å². The first-order chi connectivity index (χ1) is 16.0. The smallest absolute Gasteiger partial charge is 0.411 e. The van der Waals surface area contributed by atoms with Crippen LogP contribution >= 0.6 is 0 Å². The van der Waals surface area contributed by atoms with Crippen LogP contribution in [0.4, 0.5) is 4.79 Å². The zero-order valence-corrected chi connectivity index (χ0v) is 24.3. The predicted molar refractivity (Wildman–Crippen MR) is 141 cm³/mol. The van der Waals surface area contributed by atoms with Gasteiger partial charge in [0, 0.05) is 5.92 Å². The lowest BCUT2D eigenvalue weighted by molar-refractivity contribution is -0.150. The van der Waals surface area contributed by atoms with E-state index in [0.29, 0.717) is 0 Å². The molecule has 0 N–H and O–H groups in total. The summed E-state index contributed by atoms with van der Waals surface area (Å²) in [5, 5.41) is 0.0420. The third-order valence-corrected chi connectivity index (χ3v) is 12.6. The van der Waals surface area contributed by atoms with Gasteiger partial charge in [-0.15, -0.1) is 0 Å². The van der Waals surface area contributed by atoms with Gasteiger partial charge in [0.1, 0.15) is 11.6 Å². The highest BCUT2D eigenvalue weighted by Crippen LogP contribution is 2.60. The Morgan fingerprint density at radius 1 is 1.09 bits per heavy atom. The van der Waals surface area contributed by atoms with E-state index < -0.39 is 31.7 Å². The van der Waals surface area contributed by atoms with Crippen LogP contribution in [0, 0.1) is 11.8 Å². The van der Waals surface area contributed by atoms with Crippen molar-refractivity contribution in [2.24, 2.45) is 11.8 Å². The van der Waals surface area contributed by atoms with E-state index in [1.54, 1.807) is 11.8 Å². The van der Waals surface area contributed by atoms with Gasteiger partial charge in [-0.2, -0.15) is 0 Å². The normalized spacial score (nSPS) is 29.1. The molecule has 1 saturated heterocycles. The molecule has 0 radical (unpaired) electrons. The maximum atomic E-state index is 13.7. The molecule has 1 aliphatic carbocycles. The van der Waals surface area contributed by atoms with Gasteiger partial charge in [0.2, 0.25) is 0 Å². The minimum Gasteiger partial charge on any atom is -0.464 e. The monoisotopic (exact) mass is 503 g/mol. The maximum Gasteiger partial charge on any atom is 0.411 e. The van der Waals surface area contributed by atoms with Gasteiger partial charge in [0.25, 0.3) is 0 Å². The molecule has 1 aromatic carbocycles. The molecular formula is C28H45NO5Si. The molecule has 2 fully saturated rings. The molecule has 2 aliphatic rings. The number of hydrogen-bond acceptors (Lipinski definition) is 5. The van der Waals surface area contributed by atoms with Crippen molar-refractivity contribution in [1.29, 1.82) is 0 Å². The van der Waals surface area contributed by atoms with Crippen LogP contribution < -0.4 is 0 Å². The second-order valence-corrected chi connectivity index (χ2v) is 17.6. The molecule has 7 heteroatoms. The quantitative estimate of drug-likeness (QED) is 0.330. The number of fused-ring (bicyclic) bond motifs is 1. The Bertz CT molecular complexity index is 920. The summed E-state index contributed by atoms with van der Waals surface area (Å²) in [6, 6.07) is 8.96. The van der Waals surface area contributed by atoms with E-state index in [9.17, 15) is 9.59 Å². The van der Waals surface area contributed by atoms with E-state index in [1.807, 2.05) is 51.1 Å². The number of carbonyl (C=O) groups excluding carboxylic acids is 2. The lowest BCUT2D eigenvalue weighted by Crippen LogP contribution is -2.52. The molecule has 1 aliphatic heterocycles.